The van der Waals surface area contributed by atoms with Gasteiger partial charge < -0.3 is 14.7 Å². The molecule has 1 aliphatic rings. The van der Waals surface area contributed by atoms with Crippen LogP contribution >= 0.6 is 12.6 Å². The first-order valence-corrected chi connectivity index (χ1v) is 9.30. The van der Waals surface area contributed by atoms with Crippen LogP contribution in [0.2, 0.25) is 0 Å². The van der Waals surface area contributed by atoms with Gasteiger partial charge in [-0.15, -0.1) is 12.6 Å². The van der Waals surface area contributed by atoms with E-state index in [0.29, 0.717) is 11.5 Å². The fourth-order valence-electron chi connectivity index (χ4n) is 4.13. The largest absolute Gasteiger partial charge is 0.392 e. The van der Waals surface area contributed by atoms with Gasteiger partial charge in [0.05, 0.1) is 18.8 Å². The average Bonchev–Trinajstić information content (AvgIpc) is 2.56. The summed E-state index contributed by atoms with van der Waals surface area (Å²) in [7, 11) is 3.78. The zero-order valence-electron chi connectivity index (χ0n) is 16.8. The molecule has 1 aromatic carbocycles. The fourth-order valence-corrected chi connectivity index (χ4v) is 4.25. The van der Waals surface area contributed by atoms with Crippen molar-refractivity contribution in [2.24, 2.45) is 0 Å². The topological polar surface area (TPSA) is 32.7 Å². The Morgan fingerprint density at radius 1 is 1.35 bits per heavy atom. The van der Waals surface area contributed by atoms with Crippen molar-refractivity contribution in [3.63, 3.8) is 0 Å². The van der Waals surface area contributed by atoms with Gasteiger partial charge in [-0.25, -0.2) is 0 Å². The molecule has 26 heavy (non-hydrogen) atoms. The van der Waals surface area contributed by atoms with Crippen molar-refractivity contribution < 1.29 is 9.84 Å². The number of ether oxygens (including phenoxy) is 1. The number of aliphatic hydroxyl groups excluding tert-OH is 1. The number of hydrogen-bond acceptors (Lipinski definition) is 4. The van der Waals surface area contributed by atoms with Gasteiger partial charge in [-0.05, 0) is 42.0 Å². The van der Waals surface area contributed by atoms with Crippen LogP contribution in [-0.4, -0.2) is 42.9 Å². The highest BCUT2D eigenvalue weighted by molar-refractivity contribution is 7.84. The first-order chi connectivity index (χ1) is 12.1. The summed E-state index contributed by atoms with van der Waals surface area (Å²) in [5.74, 6) is 0. The molecule has 0 aliphatic carbocycles. The van der Waals surface area contributed by atoms with E-state index >= 15 is 0 Å². The summed E-state index contributed by atoms with van der Waals surface area (Å²) in [5.41, 5.74) is 5.22. The zero-order valence-corrected chi connectivity index (χ0v) is 17.7. The number of thiol groups is 1. The quantitative estimate of drug-likeness (QED) is 0.595. The molecule has 1 N–H and O–H groups in total. The van der Waals surface area contributed by atoms with Crippen LogP contribution < -0.4 is 0 Å². The van der Waals surface area contributed by atoms with Crippen LogP contribution in [0.25, 0.3) is 5.70 Å². The van der Waals surface area contributed by atoms with Crippen LogP contribution in [0.4, 0.5) is 0 Å². The van der Waals surface area contributed by atoms with Crippen molar-refractivity contribution in [1.82, 2.24) is 4.90 Å². The van der Waals surface area contributed by atoms with Crippen LogP contribution in [-0.2, 0) is 10.2 Å². The van der Waals surface area contributed by atoms with Gasteiger partial charge in [0.15, 0.2) is 0 Å². The first kappa shape index (κ1) is 20.8. The number of aliphatic hydroxyl groups is 1. The lowest BCUT2D eigenvalue weighted by Crippen LogP contribution is -2.60. The molecule has 1 atom stereocenters. The summed E-state index contributed by atoms with van der Waals surface area (Å²) < 4.78 is 5.48. The van der Waals surface area contributed by atoms with E-state index in [4.69, 9.17) is 4.74 Å². The summed E-state index contributed by atoms with van der Waals surface area (Å²) in [6, 6.07) is 6.60. The maximum Gasteiger partial charge on any atom is 0.0696 e. The Morgan fingerprint density at radius 2 is 2.00 bits per heavy atom. The summed E-state index contributed by atoms with van der Waals surface area (Å²) in [6.45, 7) is 13.2. The fraction of sp³-hybridized carbons (Fsp3) is 0.455. The van der Waals surface area contributed by atoms with Crippen molar-refractivity contribution in [2.45, 2.75) is 38.6 Å². The van der Waals surface area contributed by atoms with Gasteiger partial charge in [0.2, 0.25) is 0 Å². The number of hydrogen-bond donors (Lipinski definition) is 2. The smallest absolute Gasteiger partial charge is 0.0696 e. The number of benzene rings is 1. The molecule has 0 saturated carbocycles. The molecule has 142 valence electrons. The number of allylic oxidation sites excluding steroid dienone is 1. The molecule has 0 amide bonds. The molecule has 1 heterocycles. The summed E-state index contributed by atoms with van der Waals surface area (Å²) in [4.78, 5) is 2.98. The number of likely N-dealkylation sites (N-methyl/N-ethyl adjacent to an activating group) is 1. The highest BCUT2D eigenvalue weighted by Gasteiger charge is 2.52. The minimum Gasteiger partial charge on any atom is -0.392 e. The minimum absolute atomic E-state index is 0.0166. The normalized spacial score (nSPS) is 23.9. The van der Waals surface area contributed by atoms with Crippen molar-refractivity contribution in [1.29, 1.82) is 0 Å². The van der Waals surface area contributed by atoms with Gasteiger partial charge in [-0.3, -0.25) is 0 Å². The van der Waals surface area contributed by atoms with Gasteiger partial charge in [-0.1, -0.05) is 44.2 Å². The predicted molar refractivity (Wildman–Crippen MR) is 114 cm³/mol. The van der Waals surface area contributed by atoms with Crippen LogP contribution in [0, 0.1) is 6.92 Å². The molecular formula is C22H31NO2S. The third-order valence-electron chi connectivity index (χ3n) is 5.94. The number of aryl methyl sites for hydroxylation is 1. The summed E-state index contributed by atoms with van der Waals surface area (Å²) >= 11 is 4.42. The SMILES string of the molecule is C=C(S)/C=C1/c2cc(C)ccc2C(C)(C)C(C)(/C(=C/CO)COC)N1C. The Kier molecular flexibility index (Phi) is 6.11. The molecule has 0 spiro atoms. The van der Waals surface area contributed by atoms with Gasteiger partial charge in [0.1, 0.15) is 0 Å². The third kappa shape index (κ3) is 3.26. The molecule has 0 fully saturated rings. The summed E-state index contributed by atoms with van der Waals surface area (Å²) in [5, 5.41) is 9.62. The molecule has 1 aromatic rings. The van der Waals surface area contributed by atoms with Crippen molar-refractivity contribution in [3.05, 3.63) is 64.1 Å². The second-order valence-corrected chi connectivity index (χ2v) is 8.25. The molecule has 0 radical (unpaired) electrons. The lowest BCUT2D eigenvalue weighted by atomic mass is 9.60. The zero-order chi connectivity index (χ0) is 19.7. The highest BCUT2D eigenvalue weighted by Crippen LogP contribution is 2.52. The standard InChI is InChI=1S/C22H31NO2S/c1-15-8-9-19-18(12-15)20(13-16(2)26)23(6)22(5,21(19,3)4)17(10-11-24)14-25-7/h8-10,12-13,24,26H,2,11,14H2,1,3-7H3/b17-10+,20-13-. The van der Waals surface area contributed by atoms with E-state index < -0.39 is 0 Å². The Bertz CT molecular complexity index is 763. The van der Waals surface area contributed by atoms with Crippen LogP contribution in [0.5, 0.6) is 0 Å². The van der Waals surface area contributed by atoms with Crippen molar-refractivity contribution in [2.75, 3.05) is 27.4 Å². The number of nitrogens with zero attached hydrogens (tertiary/aromatic N) is 1. The molecule has 1 unspecified atom stereocenters. The Labute approximate surface area is 163 Å². The Hall–Kier alpha value is -1.49. The predicted octanol–water partition coefficient (Wildman–Crippen LogP) is 4.33. The molecule has 0 bridgehead atoms. The molecule has 0 saturated heterocycles. The van der Waals surface area contributed by atoms with Gasteiger partial charge in [0, 0.05) is 30.8 Å². The number of fused-ring (bicyclic) bond motifs is 1. The maximum absolute atomic E-state index is 9.62. The first-order valence-electron chi connectivity index (χ1n) is 8.85. The van der Waals surface area contributed by atoms with E-state index in [-0.39, 0.29) is 17.6 Å². The van der Waals surface area contributed by atoms with Gasteiger partial charge in [-0.2, -0.15) is 0 Å². The monoisotopic (exact) mass is 373 g/mol. The van der Waals surface area contributed by atoms with E-state index in [1.54, 1.807) is 7.11 Å². The number of rotatable bonds is 5. The van der Waals surface area contributed by atoms with Crippen LogP contribution in [0.3, 0.4) is 0 Å². The minimum atomic E-state index is -0.386. The van der Waals surface area contributed by atoms with Crippen LogP contribution in [0.1, 0.15) is 37.5 Å². The molecule has 3 nitrogen and oxygen atoms in total. The average molecular weight is 374 g/mol. The molecular weight excluding hydrogens is 342 g/mol. The molecule has 4 heteroatoms. The second-order valence-electron chi connectivity index (χ2n) is 7.67. The maximum atomic E-state index is 9.62. The molecule has 1 aliphatic heterocycles. The number of methoxy groups -OCH3 is 1. The van der Waals surface area contributed by atoms with Gasteiger partial charge >= 0.3 is 0 Å². The lowest BCUT2D eigenvalue weighted by molar-refractivity contribution is 0.113. The van der Waals surface area contributed by atoms with E-state index in [1.165, 1.54) is 16.7 Å². The van der Waals surface area contributed by atoms with Gasteiger partial charge in [0.25, 0.3) is 0 Å². The molecule has 2 rings (SSSR count). The summed E-state index contributed by atoms with van der Waals surface area (Å²) in [6.07, 6.45) is 3.88. The Balaban J connectivity index is 2.85. The molecule has 0 aromatic heterocycles. The lowest BCUT2D eigenvalue weighted by Gasteiger charge is -2.57. The van der Waals surface area contributed by atoms with E-state index in [9.17, 15) is 5.11 Å². The van der Waals surface area contributed by atoms with Crippen molar-refractivity contribution in [3.8, 4) is 0 Å². The van der Waals surface area contributed by atoms with Crippen molar-refractivity contribution >= 4 is 18.3 Å². The van der Waals surface area contributed by atoms with E-state index in [2.05, 4.69) is 77.0 Å². The second kappa shape index (κ2) is 7.63. The van der Waals surface area contributed by atoms with E-state index in [1.807, 2.05) is 12.2 Å². The Morgan fingerprint density at radius 3 is 2.54 bits per heavy atom. The van der Waals surface area contributed by atoms with E-state index in [0.717, 1.165) is 11.3 Å². The van der Waals surface area contributed by atoms with Crippen LogP contribution in [0.15, 0.2) is 47.4 Å². The third-order valence-corrected chi connectivity index (χ3v) is 6.07. The highest BCUT2D eigenvalue weighted by atomic mass is 32.1.